The Hall–Kier alpha value is -5.04. The van der Waals surface area contributed by atoms with E-state index in [0.717, 1.165) is 22.9 Å². The standard InChI is InChI=1S/C28H20F3N5O2/c1-16-6-7-21(36-27(38)20-8-10-33-25(13-20)28(29,30)31)14-23(16)19-5-3-4-18(12-19)22-9-11-34-26(24(22)15-32)35-17(2)37/h3-14H,1-2H3,(H,36,38)(H,34,35,37). The number of aromatic nitrogens is 2. The van der Waals surface area contributed by atoms with E-state index in [1.165, 1.54) is 19.2 Å². The summed E-state index contributed by atoms with van der Waals surface area (Å²) in [4.78, 5) is 31.6. The zero-order valence-electron chi connectivity index (χ0n) is 20.2. The number of carbonyl (C=O) groups is 2. The molecule has 4 rings (SSSR count). The molecule has 0 aliphatic rings. The van der Waals surface area contributed by atoms with Crippen molar-refractivity contribution >= 4 is 23.3 Å². The van der Waals surface area contributed by atoms with Gasteiger partial charge in [0, 0.05) is 36.1 Å². The van der Waals surface area contributed by atoms with E-state index in [4.69, 9.17) is 0 Å². The summed E-state index contributed by atoms with van der Waals surface area (Å²) in [6.07, 6.45) is -2.23. The molecule has 0 spiro atoms. The molecule has 4 aromatic rings. The number of benzene rings is 2. The van der Waals surface area contributed by atoms with Crippen molar-refractivity contribution in [2.45, 2.75) is 20.0 Å². The van der Waals surface area contributed by atoms with E-state index in [1.807, 2.05) is 31.2 Å². The molecule has 0 saturated carbocycles. The Labute approximate surface area is 216 Å². The molecule has 2 amide bonds. The summed E-state index contributed by atoms with van der Waals surface area (Å²) in [5.41, 5.74) is 3.00. The first kappa shape index (κ1) is 26.0. The van der Waals surface area contributed by atoms with Crippen molar-refractivity contribution in [1.29, 1.82) is 5.26 Å². The van der Waals surface area contributed by atoms with Crippen molar-refractivity contribution < 1.29 is 22.8 Å². The number of pyridine rings is 2. The maximum Gasteiger partial charge on any atom is 0.433 e. The van der Waals surface area contributed by atoms with Crippen molar-refractivity contribution in [3.63, 3.8) is 0 Å². The summed E-state index contributed by atoms with van der Waals surface area (Å²) in [5, 5.41) is 14.9. The fourth-order valence-corrected chi connectivity index (χ4v) is 3.87. The molecular weight excluding hydrogens is 495 g/mol. The Morgan fingerprint density at radius 2 is 1.61 bits per heavy atom. The van der Waals surface area contributed by atoms with Crippen molar-refractivity contribution in [3.8, 4) is 28.3 Å². The van der Waals surface area contributed by atoms with Gasteiger partial charge in [-0.15, -0.1) is 0 Å². The second kappa shape index (κ2) is 10.5. The smallest absolute Gasteiger partial charge is 0.322 e. The molecule has 10 heteroatoms. The number of alkyl halides is 3. The van der Waals surface area contributed by atoms with Gasteiger partial charge in [-0.1, -0.05) is 24.3 Å². The fourth-order valence-electron chi connectivity index (χ4n) is 3.87. The number of rotatable bonds is 5. The molecule has 2 aromatic heterocycles. The third kappa shape index (κ3) is 5.68. The molecule has 0 bridgehead atoms. The average molecular weight is 515 g/mol. The lowest BCUT2D eigenvalue weighted by Gasteiger charge is -2.13. The summed E-state index contributed by atoms with van der Waals surface area (Å²) >= 11 is 0. The summed E-state index contributed by atoms with van der Waals surface area (Å²) in [7, 11) is 0. The number of halogens is 3. The molecule has 0 aliphatic carbocycles. The van der Waals surface area contributed by atoms with E-state index >= 15 is 0 Å². The number of anilines is 2. The molecule has 0 radical (unpaired) electrons. The van der Waals surface area contributed by atoms with E-state index in [2.05, 4.69) is 26.7 Å². The number of carbonyl (C=O) groups excluding carboxylic acids is 2. The molecule has 0 saturated heterocycles. The quantitative estimate of drug-likeness (QED) is 0.328. The van der Waals surface area contributed by atoms with Crippen LogP contribution in [-0.4, -0.2) is 21.8 Å². The summed E-state index contributed by atoms with van der Waals surface area (Å²) in [5.74, 6) is -0.897. The molecule has 2 N–H and O–H groups in total. The van der Waals surface area contributed by atoms with Crippen LogP contribution in [0, 0.1) is 18.3 Å². The number of nitriles is 1. The van der Waals surface area contributed by atoms with Gasteiger partial charge in [-0.25, -0.2) is 4.98 Å². The first-order valence-corrected chi connectivity index (χ1v) is 11.3. The molecule has 0 aliphatic heterocycles. The first-order valence-electron chi connectivity index (χ1n) is 11.3. The van der Waals surface area contributed by atoms with Gasteiger partial charge >= 0.3 is 6.18 Å². The van der Waals surface area contributed by atoms with E-state index in [0.29, 0.717) is 22.9 Å². The Morgan fingerprint density at radius 3 is 2.29 bits per heavy atom. The van der Waals surface area contributed by atoms with Crippen LogP contribution in [0.1, 0.15) is 34.1 Å². The minimum absolute atomic E-state index is 0.161. The van der Waals surface area contributed by atoms with E-state index in [1.54, 1.807) is 24.3 Å². The third-order valence-corrected chi connectivity index (χ3v) is 5.65. The van der Waals surface area contributed by atoms with Gasteiger partial charge in [-0.3, -0.25) is 14.6 Å². The summed E-state index contributed by atoms with van der Waals surface area (Å²) in [6.45, 7) is 3.21. The summed E-state index contributed by atoms with van der Waals surface area (Å²) < 4.78 is 39.0. The number of amides is 2. The van der Waals surface area contributed by atoms with Gasteiger partial charge in [0.2, 0.25) is 5.91 Å². The normalized spacial score (nSPS) is 10.9. The Bertz CT molecular complexity index is 1590. The highest BCUT2D eigenvalue weighted by Gasteiger charge is 2.33. The highest BCUT2D eigenvalue weighted by Crippen LogP contribution is 2.33. The minimum atomic E-state index is -4.67. The molecule has 38 heavy (non-hydrogen) atoms. The second-order valence-electron chi connectivity index (χ2n) is 8.37. The minimum Gasteiger partial charge on any atom is -0.322 e. The highest BCUT2D eigenvalue weighted by atomic mass is 19.4. The molecule has 0 fully saturated rings. The predicted octanol–water partition coefficient (Wildman–Crippen LogP) is 6.22. The number of nitrogens with zero attached hydrogens (tertiary/aromatic N) is 3. The van der Waals surface area contributed by atoms with Gasteiger partial charge in [-0.2, -0.15) is 18.4 Å². The number of hydrogen-bond donors (Lipinski definition) is 2. The van der Waals surface area contributed by atoms with Crippen LogP contribution in [0.2, 0.25) is 0 Å². The summed E-state index contributed by atoms with van der Waals surface area (Å²) in [6, 6.07) is 18.2. The van der Waals surface area contributed by atoms with Crippen LogP contribution >= 0.6 is 0 Å². The van der Waals surface area contributed by atoms with Crippen LogP contribution in [0.25, 0.3) is 22.3 Å². The lowest BCUT2D eigenvalue weighted by atomic mass is 9.94. The monoisotopic (exact) mass is 515 g/mol. The maximum atomic E-state index is 13.0. The topological polar surface area (TPSA) is 108 Å². The zero-order valence-corrected chi connectivity index (χ0v) is 20.2. The van der Waals surface area contributed by atoms with Crippen LogP contribution in [-0.2, 0) is 11.0 Å². The number of nitrogens with one attached hydrogen (secondary N) is 2. The lowest BCUT2D eigenvalue weighted by molar-refractivity contribution is -0.141. The van der Waals surface area contributed by atoms with Crippen LogP contribution < -0.4 is 10.6 Å². The number of aryl methyl sites for hydroxylation is 1. The SMILES string of the molecule is CC(=O)Nc1nccc(-c2cccc(-c3cc(NC(=O)c4ccnc(C(F)(F)F)c4)ccc3C)c2)c1C#N. The van der Waals surface area contributed by atoms with Crippen LogP contribution in [0.4, 0.5) is 24.7 Å². The van der Waals surface area contributed by atoms with Gasteiger partial charge in [0.15, 0.2) is 5.82 Å². The van der Waals surface area contributed by atoms with Crippen molar-refractivity contribution in [2.24, 2.45) is 0 Å². The number of hydrogen-bond acceptors (Lipinski definition) is 5. The maximum absolute atomic E-state index is 13.0. The predicted molar refractivity (Wildman–Crippen MR) is 136 cm³/mol. The Balaban J connectivity index is 1.67. The zero-order chi connectivity index (χ0) is 27.4. The third-order valence-electron chi connectivity index (χ3n) is 5.65. The Morgan fingerprint density at radius 1 is 0.895 bits per heavy atom. The molecule has 0 unspecified atom stereocenters. The fraction of sp³-hybridized carbons (Fsp3) is 0.107. The van der Waals surface area contributed by atoms with Crippen LogP contribution in [0.3, 0.4) is 0 Å². The average Bonchev–Trinajstić information content (AvgIpc) is 2.89. The Kier molecular flexibility index (Phi) is 7.21. The van der Waals surface area contributed by atoms with Crippen molar-refractivity contribution in [2.75, 3.05) is 10.6 Å². The van der Waals surface area contributed by atoms with Gasteiger partial charge < -0.3 is 10.6 Å². The van der Waals surface area contributed by atoms with Gasteiger partial charge in [-0.05, 0) is 65.6 Å². The second-order valence-corrected chi connectivity index (χ2v) is 8.37. The van der Waals surface area contributed by atoms with Gasteiger partial charge in [0.05, 0.1) is 0 Å². The van der Waals surface area contributed by atoms with Gasteiger partial charge in [0.1, 0.15) is 17.3 Å². The van der Waals surface area contributed by atoms with Crippen LogP contribution in [0.5, 0.6) is 0 Å². The molecular formula is C28H20F3N5O2. The van der Waals surface area contributed by atoms with E-state index in [9.17, 15) is 28.0 Å². The molecule has 2 aromatic carbocycles. The molecule has 190 valence electrons. The molecule has 2 heterocycles. The first-order chi connectivity index (χ1) is 18.1. The van der Waals surface area contributed by atoms with Gasteiger partial charge in [0.25, 0.3) is 5.91 Å². The van der Waals surface area contributed by atoms with Crippen LogP contribution in [0.15, 0.2) is 73.1 Å². The largest absolute Gasteiger partial charge is 0.433 e. The van der Waals surface area contributed by atoms with E-state index in [-0.39, 0.29) is 22.9 Å². The highest BCUT2D eigenvalue weighted by molar-refractivity contribution is 6.04. The molecule has 0 atom stereocenters. The van der Waals surface area contributed by atoms with Crippen molar-refractivity contribution in [3.05, 3.63) is 95.4 Å². The van der Waals surface area contributed by atoms with E-state index < -0.39 is 17.8 Å². The molecule has 7 nitrogen and oxygen atoms in total. The van der Waals surface area contributed by atoms with Crippen molar-refractivity contribution in [1.82, 2.24) is 9.97 Å². The lowest BCUT2D eigenvalue weighted by Crippen LogP contribution is -2.15.